The lowest BCUT2D eigenvalue weighted by Crippen LogP contribution is -2.17. The first-order valence-corrected chi connectivity index (χ1v) is 9.04. The summed E-state index contributed by atoms with van der Waals surface area (Å²) in [6.45, 7) is 3.80. The van der Waals surface area contributed by atoms with Gasteiger partial charge in [0.05, 0.1) is 6.61 Å². The molecule has 0 fully saturated rings. The standard InChI is InChI=1S/C23H20O4/c1-14(2)12-26-23(25)27-13-20(24)18-10-8-17-7-6-15-4-3-5-16-9-11-19(18)22(17)21(15)16/h3-11,14H,12-13H2,1-2H3. The highest BCUT2D eigenvalue weighted by molar-refractivity contribution is 6.26. The van der Waals surface area contributed by atoms with Crippen LogP contribution in [-0.2, 0) is 9.47 Å². The number of carbonyl (C=O) groups is 2. The number of carbonyl (C=O) groups excluding carboxylic acids is 2. The van der Waals surface area contributed by atoms with Gasteiger partial charge in [-0.1, -0.05) is 68.4 Å². The van der Waals surface area contributed by atoms with Crippen molar-refractivity contribution < 1.29 is 19.1 Å². The first-order valence-electron chi connectivity index (χ1n) is 9.04. The molecule has 0 aromatic heterocycles. The van der Waals surface area contributed by atoms with Crippen molar-refractivity contribution in [3.05, 3.63) is 60.2 Å². The van der Waals surface area contributed by atoms with Crippen LogP contribution in [0, 0.1) is 5.92 Å². The topological polar surface area (TPSA) is 52.6 Å². The van der Waals surface area contributed by atoms with Crippen molar-refractivity contribution in [2.45, 2.75) is 13.8 Å². The zero-order valence-electron chi connectivity index (χ0n) is 15.3. The molecule has 0 radical (unpaired) electrons. The number of ketones is 1. The summed E-state index contributed by atoms with van der Waals surface area (Å²) >= 11 is 0. The zero-order chi connectivity index (χ0) is 19.0. The third-order valence-corrected chi connectivity index (χ3v) is 4.68. The summed E-state index contributed by atoms with van der Waals surface area (Å²) in [4.78, 5) is 24.3. The molecular formula is C23H20O4. The van der Waals surface area contributed by atoms with Crippen molar-refractivity contribution in [3.63, 3.8) is 0 Å². The molecule has 136 valence electrons. The van der Waals surface area contributed by atoms with Gasteiger partial charge in [-0.05, 0) is 38.2 Å². The lowest BCUT2D eigenvalue weighted by Gasteiger charge is -2.13. The van der Waals surface area contributed by atoms with Crippen LogP contribution >= 0.6 is 0 Å². The van der Waals surface area contributed by atoms with Gasteiger partial charge >= 0.3 is 6.16 Å². The molecule has 0 saturated heterocycles. The molecule has 0 aliphatic carbocycles. The van der Waals surface area contributed by atoms with Crippen molar-refractivity contribution in [2.24, 2.45) is 5.92 Å². The van der Waals surface area contributed by atoms with E-state index in [-0.39, 0.29) is 24.9 Å². The first-order chi connectivity index (χ1) is 13.0. The number of hydrogen-bond acceptors (Lipinski definition) is 4. The summed E-state index contributed by atoms with van der Waals surface area (Å²) in [6.07, 6.45) is -0.810. The van der Waals surface area contributed by atoms with Crippen LogP contribution in [0.1, 0.15) is 24.2 Å². The van der Waals surface area contributed by atoms with E-state index >= 15 is 0 Å². The Kier molecular flexibility index (Phi) is 4.40. The van der Waals surface area contributed by atoms with E-state index in [9.17, 15) is 9.59 Å². The highest BCUT2D eigenvalue weighted by atomic mass is 16.7. The molecule has 0 aliphatic rings. The molecule has 0 bridgehead atoms. The van der Waals surface area contributed by atoms with Gasteiger partial charge in [0.15, 0.2) is 6.61 Å². The second kappa shape index (κ2) is 6.88. The Morgan fingerprint density at radius 1 is 0.815 bits per heavy atom. The summed E-state index contributed by atoms with van der Waals surface area (Å²) in [5, 5.41) is 6.47. The maximum Gasteiger partial charge on any atom is 0.508 e. The fourth-order valence-electron chi connectivity index (χ4n) is 3.46. The summed E-state index contributed by atoms with van der Waals surface area (Å²) in [7, 11) is 0. The number of hydrogen-bond donors (Lipinski definition) is 0. The van der Waals surface area contributed by atoms with Crippen molar-refractivity contribution >= 4 is 44.3 Å². The molecule has 4 rings (SSSR count). The van der Waals surface area contributed by atoms with E-state index in [0.29, 0.717) is 5.56 Å². The zero-order valence-corrected chi connectivity index (χ0v) is 15.3. The van der Waals surface area contributed by atoms with Gasteiger partial charge < -0.3 is 9.47 Å². The van der Waals surface area contributed by atoms with Crippen molar-refractivity contribution in [1.29, 1.82) is 0 Å². The van der Waals surface area contributed by atoms with Crippen LogP contribution in [0.2, 0.25) is 0 Å². The number of rotatable bonds is 5. The Bertz CT molecular complexity index is 1130. The van der Waals surface area contributed by atoms with E-state index in [4.69, 9.17) is 9.47 Å². The fourth-order valence-corrected chi connectivity index (χ4v) is 3.46. The molecule has 0 saturated carbocycles. The van der Waals surface area contributed by atoms with Gasteiger partial charge in [0.1, 0.15) is 0 Å². The monoisotopic (exact) mass is 360 g/mol. The van der Waals surface area contributed by atoms with E-state index in [1.165, 1.54) is 0 Å². The molecule has 4 aromatic rings. The third kappa shape index (κ3) is 3.19. The van der Waals surface area contributed by atoms with Gasteiger partial charge in [0.2, 0.25) is 5.78 Å². The Morgan fingerprint density at radius 3 is 2.15 bits per heavy atom. The molecule has 4 aromatic carbocycles. The maximum atomic E-state index is 12.7. The first kappa shape index (κ1) is 17.3. The molecule has 4 heteroatoms. The van der Waals surface area contributed by atoms with E-state index in [0.717, 1.165) is 32.3 Å². The SMILES string of the molecule is CC(C)COC(=O)OCC(=O)c1ccc2ccc3cccc4ccc1c2c34. The van der Waals surface area contributed by atoms with Gasteiger partial charge in [-0.15, -0.1) is 0 Å². The molecule has 0 unspecified atom stereocenters. The third-order valence-electron chi connectivity index (χ3n) is 4.68. The molecule has 0 amide bonds. The molecule has 0 N–H and O–H groups in total. The number of benzene rings is 4. The van der Waals surface area contributed by atoms with Crippen molar-refractivity contribution in [3.8, 4) is 0 Å². The summed E-state index contributed by atoms with van der Waals surface area (Å²) in [6, 6.07) is 18.1. The van der Waals surface area contributed by atoms with Gasteiger partial charge in [0.25, 0.3) is 0 Å². The largest absolute Gasteiger partial charge is 0.508 e. The van der Waals surface area contributed by atoms with Crippen LogP contribution in [0.25, 0.3) is 32.3 Å². The second-order valence-electron chi connectivity index (χ2n) is 7.14. The molecule has 0 aliphatic heterocycles. The highest BCUT2D eigenvalue weighted by Gasteiger charge is 2.17. The average Bonchev–Trinajstić information content (AvgIpc) is 2.68. The Hall–Kier alpha value is -3.14. The predicted octanol–water partition coefficient (Wildman–Crippen LogP) is 5.58. The lowest BCUT2D eigenvalue weighted by atomic mass is 9.91. The highest BCUT2D eigenvalue weighted by Crippen LogP contribution is 2.35. The second-order valence-corrected chi connectivity index (χ2v) is 7.14. The van der Waals surface area contributed by atoms with Crippen LogP contribution < -0.4 is 0 Å². The van der Waals surface area contributed by atoms with E-state index in [1.54, 1.807) is 6.07 Å². The Labute approximate surface area is 157 Å². The minimum Gasteiger partial charge on any atom is -0.434 e. The van der Waals surface area contributed by atoms with E-state index < -0.39 is 6.16 Å². The predicted molar refractivity (Wildman–Crippen MR) is 107 cm³/mol. The van der Waals surface area contributed by atoms with Gasteiger partial charge in [-0.25, -0.2) is 4.79 Å². The Morgan fingerprint density at radius 2 is 1.44 bits per heavy atom. The molecule has 0 heterocycles. The van der Waals surface area contributed by atoms with Crippen LogP contribution in [0.3, 0.4) is 0 Å². The van der Waals surface area contributed by atoms with Gasteiger partial charge in [0, 0.05) is 5.56 Å². The fraction of sp³-hybridized carbons (Fsp3) is 0.217. The molecule has 4 nitrogen and oxygen atoms in total. The van der Waals surface area contributed by atoms with E-state index in [2.05, 4.69) is 24.3 Å². The molecule has 27 heavy (non-hydrogen) atoms. The minimum atomic E-state index is -0.810. The summed E-state index contributed by atoms with van der Waals surface area (Å²) < 4.78 is 9.94. The Balaban J connectivity index is 1.68. The minimum absolute atomic E-state index is 0.214. The molecule has 0 spiro atoms. The average molecular weight is 360 g/mol. The maximum absolute atomic E-state index is 12.7. The summed E-state index contributed by atoms with van der Waals surface area (Å²) in [5.74, 6) is -0.0276. The molecule has 0 atom stereocenters. The van der Waals surface area contributed by atoms with Gasteiger partial charge in [-0.2, -0.15) is 0 Å². The van der Waals surface area contributed by atoms with Crippen LogP contribution in [0.15, 0.2) is 54.6 Å². The van der Waals surface area contributed by atoms with Crippen molar-refractivity contribution in [2.75, 3.05) is 13.2 Å². The normalized spacial score (nSPS) is 11.5. The number of Topliss-reactive ketones (excluding diaryl/α,β-unsaturated/α-hetero) is 1. The quantitative estimate of drug-likeness (QED) is 0.265. The lowest BCUT2D eigenvalue weighted by molar-refractivity contribution is 0.0441. The smallest absolute Gasteiger partial charge is 0.434 e. The van der Waals surface area contributed by atoms with Gasteiger partial charge in [-0.3, -0.25) is 4.79 Å². The summed E-state index contributed by atoms with van der Waals surface area (Å²) in [5.41, 5.74) is 0.553. The molecular weight excluding hydrogens is 340 g/mol. The van der Waals surface area contributed by atoms with E-state index in [1.807, 2.05) is 38.1 Å². The van der Waals surface area contributed by atoms with Crippen LogP contribution in [0.4, 0.5) is 4.79 Å². The van der Waals surface area contributed by atoms with Crippen LogP contribution in [0.5, 0.6) is 0 Å². The number of ether oxygens (including phenoxy) is 2. The van der Waals surface area contributed by atoms with Crippen molar-refractivity contribution in [1.82, 2.24) is 0 Å². The van der Waals surface area contributed by atoms with Crippen LogP contribution in [-0.4, -0.2) is 25.2 Å².